The predicted octanol–water partition coefficient (Wildman–Crippen LogP) is 3.34. The van der Waals surface area contributed by atoms with Crippen molar-refractivity contribution in [3.8, 4) is 0 Å². The van der Waals surface area contributed by atoms with Crippen molar-refractivity contribution in [3.63, 3.8) is 0 Å². The molecule has 0 radical (unpaired) electrons. The molecule has 0 amide bonds. The Bertz CT molecular complexity index is 485. The fourth-order valence-electron chi connectivity index (χ4n) is 1.41. The maximum absolute atomic E-state index is 5.98. The molecule has 2 aromatic rings. The van der Waals surface area contributed by atoms with E-state index in [0.717, 1.165) is 21.4 Å². The van der Waals surface area contributed by atoms with Crippen molar-refractivity contribution < 1.29 is 0 Å². The number of rotatable bonds is 2. The van der Waals surface area contributed by atoms with Crippen LogP contribution in [-0.4, -0.2) is 10.5 Å². The minimum absolute atomic E-state index is 0.189. The van der Waals surface area contributed by atoms with E-state index in [4.69, 9.17) is 5.73 Å². The summed E-state index contributed by atoms with van der Waals surface area (Å²) >= 11 is 5.17. The first kappa shape index (κ1) is 11.0. The lowest BCUT2D eigenvalue weighted by molar-refractivity contribution is 0.516. The molecule has 15 heavy (non-hydrogen) atoms. The number of thiazole rings is 1. The first-order chi connectivity index (χ1) is 6.94. The molecular formula is C11H13BrN2S. The van der Waals surface area contributed by atoms with Crippen LogP contribution in [0.2, 0.25) is 0 Å². The van der Waals surface area contributed by atoms with E-state index in [1.54, 1.807) is 11.3 Å². The zero-order valence-corrected chi connectivity index (χ0v) is 11.2. The Morgan fingerprint density at radius 3 is 2.87 bits per heavy atom. The van der Waals surface area contributed by atoms with Crippen LogP contribution >= 0.6 is 27.3 Å². The van der Waals surface area contributed by atoms with Crippen LogP contribution in [0.25, 0.3) is 10.2 Å². The number of hydrogen-bond acceptors (Lipinski definition) is 3. The molecule has 0 unspecified atom stereocenters. The van der Waals surface area contributed by atoms with Crippen LogP contribution in [0.15, 0.2) is 22.7 Å². The van der Waals surface area contributed by atoms with E-state index in [1.165, 1.54) is 4.70 Å². The van der Waals surface area contributed by atoms with E-state index >= 15 is 0 Å². The number of aromatic nitrogens is 1. The van der Waals surface area contributed by atoms with Gasteiger partial charge in [-0.1, -0.05) is 15.9 Å². The number of benzene rings is 1. The van der Waals surface area contributed by atoms with Gasteiger partial charge in [0.2, 0.25) is 0 Å². The average Bonchev–Trinajstić information content (AvgIpc) is 2.42. The number of halogens is 1. The molecular weight excluding hydrogens is 272 g/mol. The average molecular weight is 285 g/mol. The van der Waals surface area contributed by atoms with Crippen molar-refractivity contribution in [2.75, 3.05) is 0 Å². The van der Waals surface area contributed by atoms with E-state index in [9.17, 15) is 0 Å². The van der Waals surface area contributed by atoms with Gasteiger partial charge in [-0.25, -0.2) is 4.98 Å². The molecule has 0 saturated heterocycles. The van der Waals surface area contributed by atoms with Gasteiger partial charge < -0.3 is 5.73 Å². The summed E-state index contributed by atoms with van der Waals surface area (Å²) in [6.45, 7) is 4.05. The molecule has 0 aliphatic heterocycles. The van der Waals surface area contributed by atoms with Crippen molar-refractivity contribution in [1.82, 2.24) is 4.98 Å². The molecule has 0 aliphatic rings. The summed E-state index contributed by atoms with van der Waals surface area (Å²) in [5, 5.41) is 1.11. The highest BCUT2D eigenvalue weighted by atomic mass is 79.9. The van der Waals surface area contributed by atoms with Gasteiger partial charge in [0.15, 0.2) is 0 Å². The van der Waals surface area contributed by atoms with Crippen LogP contribution < -0.4 is 5.73 Å². The van der Waals surface area contributed by atoms with Gasteiger partial charge >= 0.3 is 0 Å². The van der Waals surface area contributed by atoms with Gasteiger partial charge in [0.1, 0.15) is 0 Å². The van der Waals surface area contributed by atoms with Crippen LogP contribution in [0.5, 0.6) is 0 Å². The third-order valence-electron chi connectivity index (χ3n) is 2.00. The largest absolute Gasteiger partial charge is 0.325 e. The van der Waals surface area contributed by atoms with E-state index in [0.29, 0.717) is 0 Å². The second kappa shape index (κ2) is 3.85. The summed E-state index contributed by atoms with van der Waals surface area (Å²) < 4.78 is 2.31. The van der Waals surface area contributed by atoms with Gasteiger partial charge in [-0.2, -0.15) is 0 Å². The van der Waals surface area contributed by atoms with E-state index < -0.39 is 0 Å². The molecule has 0 fully saturated rings. The summed E-state index contributed by atoms with van der Waals surface area (Å²) in [5.74, 6) is 0. The van der Waals surface area contributed by atoms with Crippen LogP contribution in [0.4, 0.5) is 0 Å². The highest BCUT2D eigenvalue weighted by Gasteiger charge is 2.14. The van der Waals surface area contributed by atoms with Crippen LogP contribution in [-0.2, 0) is 6.42 Å². The first-order valence-electron chi connectivity index (χ1n) is 4.78. The highest BCUT2D eigenvalue weighted by Crippen LogP contribution is 2.27. The summed E-state index contributed by atoms with van der Waals surface area (Å²) in [5.41, 5.74) is 6.85. The third-order valence-corrected chi connectivity index (χ3v) is 3.51. The lowest BCUT2D eigenvalue weighted by atomic mass is 10.0. The van der Waals surface area contributed by atoms with Crippen molar-refractivity contribution in [1.29, 1.82) is 0 Å². The Hall–Kier alpha value is -0.450. The predicted molar refractivity (Wildman–Crippen MR) is 69.3 cm³/mol. The Kier molecular flexibility index (Phi) is 2.83. The standard InChI is InChI=1S/C11H13BrN2S/c1-11(2,13)6-10-14-8-4-3-7(12)5-9(8)15-10/h3-5H,6,13H2,1-2H3. The summed E-state index contributed by atoms with van der Waals surface area (Å²) in [4.78, 5) is 4.56. The minimum atomic E-state index is -0.189. The van der Waals surface area contributed by atoms with Gasteiger partial charge in [-0.05, 0) is 32.0 Å². The summed E-state index contributed by atoms with van der Waals surface area (Å²) in [7, 11) is 0. The fraction of sp³-hybridized carbons (Fsp3) is 0.364. The first-order valence-corrected chi connectivity index (χ1v) is 6.39. The van der Waals surface area contributed by atoms with Crippen molar-refractivity contribution >= 4 is 37.5 Å². The number of hydrogen-bond donors (Lipinski definition) is 1. The van der Waals surface area contributed by atoms with E-state index in [1.807, 2.05) is 26.0 Å². The maximum atomic E-state index is 5.98. The zero-order valence-electron chi connectivity index (χ0n) is 8.75. The smallest absolute Gasteiger partial charge is 0.0956 e. The van der Waals surface area contributed by atoms with Crippen LogP contribution in [0.3, 0.4) is 0 Å². The van der Waals surface area contributed by atoms with E-state index in [2.05, 4.69) is 27.0 Å². The second-order valence-corrected chi connectivity index (χ2v) is 6.42. The fourth-order valence-corrected chi connectivity index (χ4v) is 3.17. The van der Waals surface area contributed by atoms with Gasteiger partial charge in [0.05, 0.1) is 15.2 Å². The number of fused-ring (bicyclic) bond motifs is 1. The lowest BCUT2D eigenvalue weighted by Crippen LogP contribution is -2.34. The third kappa shape index (κ3) is 2.77. The molecule has 0 atom stereocenters. The van der Waals surface area contributed by atoms with Crippen molar-refractivity contribution in [3.05, 3.63) is 27.7 Å². The molecule has 2 N–H and O–H groups in total. The van der Waals surface area contributed by atoms with Gasteiger partial charge in [0, 0.05) is 16.4 Å². The van der Waals surface area contributed by atoms with Crippen LogP contribution in [0, 0.1) is 0 Å². The molecule has 1 aromatic heterocycles. The molecule has 2 nitrogen and oxygen atoms in total. The molecule has 0 bridgehead atoms. The number of nitrogens with zero attached hydrogens (tertiary/aromatic N) is 1. The normalized spacial score (nSPS) is 12.3. The quantitative estimate of drug-likeness (QED) is 0.919. The summed E-state index contributed by atoms with van der Waals surface area (Å²) in [6, 6.07) is 6.14. The molecule has 0 aliphatic carbocycles. The SMILES string of the molecule is CC(C)(N)Cc1nc2ccc(Br)cc2s1. The Morgan fingerprint density at radius 2 is 2.20 bits per heavy atom. The maximum Gasteiger partial charge on any atom is 0.0956 e. The molecule has 1 heterocycles. The molecule has 4 heteroatoms. The van der Waals surface area contributed by atoms with Gasteiger partial charge in [-0.3, -0.25) is 0 Å². The monoisotopic (exact) mass is 284 g/mol. The highest BCUT2D eigenvalue weighted by molar-refractivity contribution is 9.10. The summed E-state index contributed by atoms with van der Waals surface area (Å²) in [6.07, 6.45) is 0.823. The molecule has 0 saturated carbocycles. The lowest BCUT2D eigenvalue weighted by Gasteiger charge is -2.15. The Morgan fingerprint density at radius 1 is 1.47 bits per heavy atom. The van der Waals surface area contributed by atoms with Crippen LogP contribution in [0.1, 0.15) is 18.9 Å². The Labute approximate surface area is 102 Å². The number of nitrogens with two attached hydrogens (primary N) is 1. The second-order valence-electron chi connectivity index (χ2n) is 4.39. The van der Waals surface area contributed by atoms with Gasteiger partial charge in [0.25, 0.3) is 0 Å². The Balaban J connectivity index is 2.39. The zero-order chi connectivity index (χ0) is 11.1. The van der Waals surface area contributed by atoms with E-state index in [-0.39, 0.29) is 5.54 Å². The van der Waals surface area contributed by atoms with Gasteiger partial charge in [-0.15, -0.1) is 11.3 Å². The molecule has 1 aromatic carbocycles. The topological polar surface area (TPSA) is 38.9 Å². The van der Waals surface area contributed by atoms with Crippen molar-refractivity contribution in [2.24, 2.45) is 5.73 Å². The minimum Gasteiger partial charge on any atom is -0.325 e. The molecule has 2 rings (SSSR count). The van der Waals surface area contributed by atoms with Crippen molar-refractivity contribution in [2.45, 2.75) is 25.8 Å². The molecule has 0 spiro atoms. The molecule has 80 valence electrons.